The van der Waals surface area contributed by atoms with E-state index in [0.717, 1.165) is 30.8 Å². The van der Waals surface area contributed by atoms with Crippen LogP contribution in [0.3, 0.4) is 0 Å². The molecular formula is C24H29N5O3. The number of anilines is 1. The Balaban J connectivity index is 1.45. The molecule has 0 saturated carbocycles. The summed E-state index contributed by atoms with van der Waals surface area (Å²) in [6.45, 7) is 6.21. The second-order valence-electron chi connectivity index (χ2n) is 7.83. The van der Waals surface area contributed by atoms with Gasteiger partial charge in [-0.25, -0.2) is 9.48 Å². The van der Waals surface area contributed by atoms with Crippen LogP contribution >= 0.6 is 0 Å². The lowest BCUT2D eigenvalue weighted by Crippen LogP contribution is -2.33. The van der Waals surface area contributed by atoms with Gasteiger partial charge in [0.1, 0.15) is 5.75 Å². The van der Waals surface area contributed by atoms with Crippen LogP contribution in [0.15, 0.2) is 53.3 Å². The van der Waals surface area contributed by atoms with Crippen LogP contribution in [0.5, 0.6) is 5.75 Å². The molecule has 0 unspecified atom stereocenters. The average molecular weight is 436 g/mol. The number of nitrogens with one attached hydrogen (secondary N) is 2. The minimum absolute atomic E-state index is 0.0950. The third kappa shape index (κ3) is 5.26. The molecule has 1 aliphatic rings. The van der Waals surface area contributed by atoms with Crippen LogP contribution in [0.4, 0.5) is 10.5 Å². The van der Waals surface area contributed by atoms with Crippen molar-refractivity contribution >= 4 is 22.5 Å². The van der Waals surface area contributed by atoms with Crippen LogP contribution in [-0.4, -0.2) is 47.0 Å². The molecule has 8 nitrogen and oxygen atoms in total. The molecule has 2 amide bonds. The van der Waals surface area contributed by atoms with Gasteiger partial charge in [-0.3, -0.25) is 4.79 Å². The number of carbonyl (C=O) groups excluding carboxylic acids is 1. The molecule has 1 aromatic heterocycles. The highest BCUT2D eigenvalue weighted by atomic mass is 16.5. The van der Waals surface area contributed by atoms with E-state index in [9.17, 15) is 9.59 Å². The zero-order valence-electron chi connectivity index (χ0n) is 18.3. The molecule has 1 aliphatic heterocycles. The van der Waals surface area contributed by atoms with E-state index >= 15 is 0 Å². The van der Waals surface area contributed by atoms with Crippen LogP contribution in [0.1, 0.15) is 25.5 Å². The summed E-state index contributed by atoms with van der Waals surface area (Å²) in [6.07, 6.45) is 2.41. The van der Waals surface area contributed by atoms with Crippen LogP contribution in [0.25, 0.3) is 10.8 Å². The Labute approximate surface area is 187 Å². The molecule has 2 aromatic carbocycles. The van der Waals surface area contributed by atoms with E-state index < -0.39 is 0 Å². The molecule has 32 heavy (non-hydrogen) atoms. The first-order valence-electron chi connectivity index (χ1n) is 11.1. The summed E-state index contributed by atoms with van der Waals surface area (Å²) in [5, 5.41) is 11.6. The molecule has 3 aromatic rings. The molecule has 0 bridgehead atoms. The van der Waals surface area contributed by atoms with Gasteiger partial charge in [0.15, 0.2) is 0 Å². The number of carbonyl (C=O) groups is 1. The predicted molar refractivity (Wildman–Crippen MR) is 125 cm³/mol. The van der Waals surface area contributed by atoms with Gasteiger partial charge >= 0.3 is 6.03 Å². The Morgan fingerprint density at radius 3 is 2.47 bits per heavy atom. The van der Waals surface area contributed by atoms with Gasteiger partial charge in [-0.2, -0.15) is 5.10 Å². The van der Waals surface area contributed by atoms with Crippen LogP contribution < -0.4 is 20.9 Å². The summed E-state index contributed by atoms with van der Waals surface area (Å²) in [5.41, 5.74) is 1.24. The Morgan fingerprint density at radius 2 is 1.75 bits per heavy atom. The number of rotatable bonds is 8. The summed E-state index contributed by atoms with van der Waals surface area (Å²) in [6, 6.07) is 14.3. The molecular weight excluding hydrogens is 406 g/mol. The van der Waals surface area contributed by atoms with Crippen molar-refractivity contribution in [1.82, 2.24) is 20.0 Å². The van der Waals surface area contributed by atoms with Crippen molar-refractivity contribution in [2.45, 2.75) is 32.9 Å². The first-order chi connectivity index (χ1) is 15.6. The summed E-state index contributed by atoms with van der Waals surface area (Å²) in [7, 11) is 0. The second kappa shape index (κ2) is 10.3. The molecule has 2 N–H and O–H groups in total. The maximum atomic E-state index is 12.9. The smallest absolute Gasteiger partial charge is 0.319 e. The van der Waals surface area contributed by atoms with E-state index in [1.54, 1.807) is 12.1 Å². The molecule has 4 rings (SSSR count). The molecule has 0 spiro atoms. The monoisotopic (exact) mass is 435 g/mol. The molecule has 0 radical (unpaired) electrons. The van der Waals surface area contributed by atoms with E-state index in [-0.39, 0.29) is 18.1 Å². The lowest BCUT2D eigenvalue weighted by Gasteiger charge is -2.16. The molecule has 168 valence electrons. The van der Waals surface area contributed by atoms with Gasteiger partial charge in [-0.05, 0) is 63.2 Å². The number of aromatic nitrogens is 2. The van der Waals surface area contributed by atoms with Gasteiger partial charge < -0.3 is 20.3 Å². The Hall–Kier alpha value is -3.39. The van der Waals surface area contributed by atoms with Gasteiger partial charge in [0.05, 0.1) is 30.8 Å². The minimum atomic E-state index is -0.338. The number of hydrogen-bond donors (Lipinski definition) is 2. The van der Waals surface area contributed by atoms with E-state index in [0.29, 0.717) is 29.9 Å². The largest absolute Gasteiger partial charge is 0.494 e. The standard InChI is InChI=1S/C24H29N5O3/c1-2-32-19-11-9-18(10-12-19)26-24(31)25-17-22-20-7-3-4-8-21(20)23(30)29(27-22)16-15-28-13-5-6-14-28/h3-4,7-12H,2,5-6,13-17H2,1H3,(H2,25,26,31). The number of fused-ring (bicyclic) bond motifs is 1. The van der Waals surface area contributed by atoms with Crippen molar-refractivity contribution in [3.05, 3.63) is 64.6 Å². The first kappa shape index (κ1) is 21.8. The Morgan fingerprint density at radius 1 is 1.03 bits per heavy atom. The van der Waals surface area contributed by atoms with Gasteiger partial charge in [0.25, 0.3) is 5.56 Å². The SMILES string of the molecule is CCOc1ccc(NC(=O)NCc2nn(CCN3CCCC3)c(=O)c3ccccc23)cc1. The molecule has 1 saturated heterocycles. The topological polar surface area (TPSA) is 88.5 Å². The van der Waals surface area contributed by atoms with E-state index in [1.807, 2.05) is 43.3 Å². The second-order valence-corrected chi connectivity index (χ2v) is 7.83. The van der Waals surface area contributed by atoms with E-state index in [1.165, 1.54) is 17.5 Å². The minimum Gasteiger partial charge on any atom is -0.494 e. The summed E-state index contributed by atoms with van der Waals surface area (Å²) >= 11 is 0. The number of ether oxygens (including phenoxy) is 1. The van der Waals surface area contributed by atoms with Crippen LogP contribution in [0, 0.1) is 0 Å². The number of likely N-dealkylation sites (tertiary alicyclic amines) is 1. The summed E-state index contributed by atoms with van der Waals surface area (Å²) in [5.74, 6) is 0.755. The van der Waals surface area contributed by atoms with Gasteiger partial charge in [0.2, 0.25) is 0 Å². The normalized spacial score (nSPS) is 13.9. The maximum absolute atomic E-state index is 12.9. The van der Waals surface area contributed by atoms with E-state index in [2.05, 4.69) is 20.6 Å². The van der Waals surface area contributed by atoms with Crippen molar-refractivity contribution in [3.8, 4) is 5.75 Å². The van der Waals surface area contributed by atoms with Crippen LogP contribution in [-0.2, 0) is 13.1 Å². The molecule has 1 fully saturated rings. The maximum Gasteiger partial charge on any atom is 0.319 e. The van der Waals surface area contributed by atoms with Crippen molar-refractivity contribution in [3.63, 3.8) is 0 Å². The number of benzene rings is 2. The number of hydrogen-bond acceptors (Lipinski definition) is 5. The average Bonchev–Trinajstić information content (AvgIpc) is 3.33. The van der Waals surface area contributed by atoms with Gasteiger partial charge in [-0.1, -0.05) is 18.2 Å². The lowest BCUT2D eigenvalue weighted by atomic mass is 10.1. The van der Waals surface area contributed by atoms with Crippen molar-refractivity contribution < 1.29 is 9.53 Å². The summed E-state index contributed by atoms with van der Waals surface area (Å²) in [4.78, 5) is 27.7. The number of amides is 2. The fraction of sp³-hybridized carbons (Fsp3) is 0.375. The molecule has 0 atom stereocenters. The van der Waals surface area contributed by atoms with Gasteiger partial charge in [-0.15, -0.1) is 0 Å². The van der Waals surface area contributed by atoms with Crippen molar-refractivity contribution in [2.75, 3.05) is 31.6 Å². The van der Waals surface area contributed by atoms with E-state index in [4.69, 9.17) is 4.74 Å². The number of nitrogens with zero attached hydrogens (tertiary/aromatic N) is 3. The summed E-state index contributed by atoms with van der Waals surface area (Å²) < 4.78 is 6.95. The lowest BCUT2D eigenvalue weighted by molar-refractivity contribution is 0.251. The van der Waals surface area contributed by atoms with Crippen LogP contribution in [0.2, 0.25) is 0 Å². The molecule has 0 aliphatic carbocycles. The Kier molecular flexibility index (Phi) is 7.01. The Bertz CT molecular complexity index is 1120. The third-order valence-electron chi connectivity index (χ3n) is 5.61. The zero-order chi connectivity index (χ0) is 22.3. The number of urea groups is 1. The van der Waals surface area contributed by atoms with Crippen molar-refractivity contribution in [2.24, 2.45) is 0 Å². The third-order valence-corrected chi connectivity index (χ3v) is 5.61. The predicted octanol–water partition coefficient (Wildman–Crippen LogP) is 3.21. The highest BCUT2D eigenvalue weighted by Gasteiger charge is 2.14. The van der Waals surface area contributed by atoms with Gasteiger partial charge in [0, 0.05) is 17.6 Å². The zero-order valence-corrected chi connectivity index (χ0v) is 18.3. The molecule has 8 heteroatoms. The highest BCUT2D eigenvalue weighted by molar-refractivity contribution is 5.90. The fourth-order valence-electron chi connectivity index (χ4n) is 3.97. The van der Waals surface area contributed by atoms with Crippen molar-refractivity contribution in [1.29, 1.82) is 0 Å². The quantitative estimate of drug-likeness (QED) is 0.567. The fourth-order valence-corrected chi connectivity index (χ4v) is 3.97. The highest BCUT2D eigenvalue weighted by Crippen LogP contribution is 2.16. The molecule has 2 heterocycles. The first-order valence-corrected chi connectivity index (χ1v) is 11.1.